The Bertz CT molecular complexity index is 1040. The van der Waals surface area contributed by atoms with Gasteiger partial charge < -0.3 is 10.6 Å². The second kappa shape index (κ2) is 9.21. The van der Waals surface area contributed by atoms with E-state index in [0.717, 1.165) is 37.3 Å². The Hall–Kier alpha value is -2.68. The van der Waals surface area contributed by atoms with Gasteiger partial charge in [0.25, 0.3) is 0 Å². The average Bonchev–Trinajstić information content (AvgIpc) is 2.75. The van der Waals surface area contributed by atoms with Crippen LogP contribution in [-0.4, -0.2) is 21.0 Å². The molecule has 2 heterocycles. The topological polar surface area (TPSA) is 62.7 Å². The Balaban J connectivity index is 1.67. The Morgan fingerprint density at radius 3 is 2.52 bits per heavy atom. The molecular weight excluding hydrogens is 471 g/mol. The summed E-state index contributed by atoms with van der Waals surface area (Å²) in [5.41, 5.74) is 0.970. The van der Waals surface area contributed by atoms with Gasteiger partial charge in [-0.1, -0.05) is 35.2 Å². The molecule has 162 valence electrons. The van der Waals surface area contributed by atoms with Gasteiger partial charge in [0.2, 0.25) is 5.95 Å². The van der Waals surface area contributed by atoms with Crippen LogP contribution in [-0.2, 0) is 6.18 Å². The molecule has 1 aromatic carbocycles. The van der Waals surface area contributed by atoms with Gasteiger partial charge in [-0.15, -0.1) is 0 Å². The predicted octanol–water partition coefficient (Wildman–Crippen LogP) is 6.81. The number of hydrogen-bond donors (Lipinski definition) is 2. The molecule has 9 heteroatoms. The Kier molecular flexibility index (Phi) is 6.41. The van der Waals surface area contributed by atoms with Crippen molar-refractivity contribution in [3.63, 3.8) is 0 Å². The van der Waals surface area contributed by atoms with Gasteiger partial charge in [0.1, 0.15) is 5.82 Å². The molecule has 5 nitrogen and oxygen atoms in total. The van der Waals surface area contributed by atoms with Crippen LogP contribution < -0.4 is 10.6 Å². The van der Waals surface area contributed by atoms with E-state index in [9.17, 15) is 13.2 Å². The minimum atomic E-state index is -4.46. The zero-order chi connectivity index (χ0) is 21.8. The molecule has 0 spiro atoms. The van der Waals surface area contributed by atoms with Crippen LogP contribution in [0.3, 0.4) is 0 Å². The second-order valence-electron chi connectivity index (χ2n) is 7.50. The van der Waals surface area contributed by atoms with Crippen molar-refractivity contribution in [3.05, 3.63) is 58.8 Å². The largest absolute Gasteiger partial charge is 0.417 e. The second-order valence-corrected chi connectivity index (χ2v) is 8.35. The summed E-state index contributed by atoms with van der Waals surface area (Å²) in [4.78, 5) is 13.3. The highest BCUT2D eigenvalue weighted by molar-refractivity contribution is 9.10. The highest BCUT2D eigenvalue weighted by atomic mass is 79.9. The first kappa shape index (κ1) is 21.5. The number of halogens is 4. The van der Waals surface area contributed by atoms with Crippen molar-refractivity contribution >= 4 is 33.4 Å². The normalized spacial score (nSPS) is 15.0. The summed E-state index contributed by atoms with van der Waals surface area (Å²) in [5.74, 6) is 0.853. The summed E-state index contributed by atoms with van der Waals surface area (Å²) in [7, 11) is 0. The van der Waals surface area contributed by atoms with Crippen molar-refractivity contribution in [2.75, 3.05) is 10.6 Å². The maximum absolute atomic E-state index is 13.3. The lowest BCUT2D eigenvalue weighted by atomic mass is 9.96. The zero-order valence-corrected chi connectivity index (χ0v) is 18.2. The van der Waals surface area contributed by atoms with Gasteiger partial charge in [-0.3, -0.25) is 4.98 Å². The van der Waals surface area contributed by atoms with Gasteiger partial charge in [0, 0.05) is 40.2 Å². The molecule has 0 aliphatic heterocycles. The fourth-order valence-corrected chi connectivity index (χ4v) is 4.11. The monoisotopic (exact) mass is 491 g/mol. The third kappa shape index (κ3) is 5.52. The van der Waals surface area contributed by atoms with E-state index in [2.05, 4.69) is 41.5 Å². The van der Waals surface area contributed by atoms with Crippen LogP contribution >= 0.6 is 15.9 Å². The van der Waals surface area contributed by atoms with Gasteiger partial charge in [-0.25, -0.2) is 4.98 Å². The molecule has 1 aliphatic rings. The van der Waals surface area contributed by atoms with Gasteiger partial charge in [0.15, 0.2) is 0 Å². The van der Waals surface area contributed by atoms with E-state index >= 15 is 0 Å². The molecule has 0 radical (unpaired) electrons. The maximum atomic E-state index is 13.3. The summed E-state index contributed by atoms with van der Waals surface area (Å²) in [6, 6.07) is 9.68. The molecule has 0 saturated heterocycles. The lowest BCUT2D eigenvalue weighted by molar-refractivity contribution is -0.138. The van der Waals surface area contributed by atoms with Crippen molar-refractivity contribution in [3.8, 4) is 11.3 Å². The third-order valence-corrected chi connectivity index (χ3v) is 5.86. The van der Waals surface area contributed by atoms with Crippen LogP contribution in [0.15, 0.2) is 53.3 Å². The molecule has 1 aliphatic carbocycles. The summed E-state index contributed by atoms with van der Waals surface area (Å²) in [6.07, 6.45) is 4.54. The molecule has 0 amide bonds. The Morgan fingerprint density at radius 1 is 1.00 bits per heavy atom. The van der Waals surface area contributed by atoms with E-state index < -0.39 is 11.7 Å². The zero-order valence-electron chi connectivity index (χ0n) is 16.6. The molecule has 3 aromatic rings. The first-order valence-electron chi connectivity index (χ1n) is 10.1. The first-order valence-corrected chi connectivity index (χ1v) is 10.9. The van der Waals surface area contributed by atoms with Gasteiger partial charge in [-0.05, 0) is 43.2 Å². The Morgan fingerprint density at radius 2 is 1.81 bits per heavy atom. The third-order valence-electron chi connectivity index (χ3n) is 5.17. The number of hydrogen-bond acceptors (Lipinski definition) is 5. The van der Waals surface area contributed by atoms with E-state index in [-0.39, 0.29) is 16.2 Å². The molecule has 4 rings (SSSR count). The number of pyridine rings is 1. The van der Waals surface area contributed by atoms with Crippen molar-refractivity contribution in [2.45, 2.75) is 44.3 Å². The number of benzene rings is 1. The van der Waals surface area contributed by atoms with Crippen molar-refractivity contribution in [2.24, 2.45) is 0 Å². The molecule has 2 aromatic heterocycles. The number of alkyl halides is 3. The van der Waals surface area contributed by atoms with Crippen LogP contribution in [0.1, 0.15) is 37.7 Å². The van der Waals surface area contributed by atoms with E-state index in [0.29, 0.717) is 17.5 Å². The minimum absolute atomic E-state index is 0.0102. The SMILES string of the molecule is FC(F)(F)c1cc(Nc2cc(-c3cccnc3)nc(NC3CCCCC3)n2)ccc1Br. The molecule has 0 unspecified atom stereocenters. The summed E-state index contributed by atoms with van der Waals surface area (Å²) >= 11 is 2.97. The maximum Gasteiger partial charge on any atom is 0.417 e. The summed E-state index contributed by atoms with van der Waals surface area (Å²) < 4.78 is 39.8. The standard InChI is InChI=1S/C22H21BrF3N5/c23-18-9-8-16(11-17(18)22(24,25)26)28-20-12-19(14-5-4-10-27-13-14)30-21(31-20)29-15-6-2-1-3-7-15/h4-5,8-13,15H,1-3,6-7H2,(H2,28,29,30,31). The molecule has 0 atom stereocenters. The molecule has 31 heavy (non-hydrogen) atoms. The van der Waals surface area contributed by atoms with Crippen LogP contribution in [0, 0.1) is 0 Å². The molecular formula is C22H21BrF3N5. The van der Waals surface area contributed by atoms with Gasteiger partial charge in [0.05, 0.1) is 11.3 Å². The summed E-state index contributed by atoms with van der Waals surface area (Å²) in [5, 5.41) is 6.39. The lowest BCUT2D eigenvalue weighted by Crippen LogP contribution is -2.23. The molecule has 1 fully saturated rings. The molecule has 0 bridgehead atoms. The van der Waals surface area contributed by atoms with Crippen molar-refractivity contribution in [1.82, 2.24) is 15.0 Å². The molecule has 2 N–H and O–H groups in total. The van der Waals surface area contributed by atoms with E-state index in [4.69, 9.17) is 0 Å². The number of nitrogens with zero attached hydrogens (tertiary/aromatic N) is 3. The first-order chi connectivity index (χ1) is 14.9. The highest BCUT2D eigenvalue weighted by Gasteiger charge is 2.33. The number of anilines is 3. The lowest BCUT2D eigenvalue weighted by Gasteiger charge is -2.23. The van der Waals surface area contributed by atoms with Gasteiger partial charge >= 0.3 is 6.18 Å². The van der Waals surface area contributed by atoms with Crippen molar-refractivity contribution < 1.29 is 13.2 Å². The fraction of sp³-hybridized carbons (Fsp3) is 0.318. The number of aromatic nitrogens is 3. The smallest absolute Gasteiger partial charge is 0.351 e. The predicted molar refractivity (Wildman–Crippen MR) is 118 cm³/mol. The van der Waals surface area contributed by atoms with E-state index in [1.165, 1.54) is 12.5 Å². The van der Waals surface area contributed by atoms with E-state index in [1.807, 2.05) is 12.1 Å². The number of rotatable bonds is 5. The summed E-state index contributed by atoms with van der Waals surface area (Å²) in [6.45, 7) is 0. The molecule has 1 saturated carbocycles. The van der Waals surface area contributed by atoms with Crippen LogP contribution in [0.5, 0.6) is 0 Å². The van der Waals surface area contributed by atoms with Crippen molar-refractivity contribution in [1.29, 1.82) is 0 Å². The van der Waals surface area contributed by atoms with Crippen LogP contribution in [0.2, 0.25) is 0 Å². The quantitative estimate of drug-likeness (QED) is 0.410. The van der Waals surface area contributed by atoms with Crippen LogP contribution in [0.25, 0.3) is 11.3 Å². The number of nitrogens with one attached hydrogen (secondary N) is 2. The average molecular weight is 492 g/mol. The minimum Gasteiger partial charge on any atom is -0.351 e. The fourth-order valence-electron chi connectivity index (χ4n) is 3.64. The van der Waals surface area contributed by atoms with Gasteiger partial charge in [-0.2, -0.15) is 18.2 Å². The Labute approximate surface area is 186 Å². The highest BCUT2D eigenvalue weighted by Crippen LogP contribution is 2.37. The van der Waals surface area contributed by atoms with Crippen LogP contribution in [0.4, 0.5) is 30.6 Å². The van der Waals surface area contributed by atoms with E-state index in [1.54, 1.807) is 24.5 Å².